The summed E-state index contributed by atoms with van der Waals surface area (Å²) < 4.78 is 13.0. The van der Waals surface area contributed by atoms with Crippen LogP contribution in [0.15, 0.2) is 63.9 Å². The van der Waals surface area contributed by atoms with Crippen LogP contribution in [0.2, 0.25) is 0 Å². The van der Waals surface area contributed by atoms with Crippen molar-refractivity contribution in [2.45, 2.75) is 26.3 Å². The first-order valence-electron chi connectivity index (χ1n) is 11.1. The molecule has 4 rings (SSSR count). The molecule has 178 valence electrons. The summed E-state index contributed by atoms with van der Waals surface area (Å²) in [6.07, 6.45) is 5.36. The lowest BCUT2D eigenvalue weighted by atomic mass is 9.99. The predicted octanol–water partition coefficient (Wildman–Crippen LogP) is 5.72. The molecule has 1 aromatic heterocycles. The summed E-state index contributed by atoms with van der Waals surface area (Å²) in [5.74, 6) is 3.77. The smallest absolute Gasteiger partial charge is 0.348 e. The minimum atomic E-state index is -0.388. The van der Waals surface area contributed by atoms with Crippen molar-refractivity contribution >= 4 is 26.8 Å². The third-order valence-electron chi connectivity index (χ3n) is 5.77. The number of fused-ring (bicyclic) bond motifs is 1. The maximum atomic E-state index is 13.3. The summed E-state index contributed by atoms with van der Waals surface area (Å²) in [5.41, 5.74) is 3.69. The number of methoxy groups -OCH3 is 1. The van der Waals surface area contributed by atoms with Crippen molar-refractivity contribution in [3.05, 3.63) is 80.7 Å². The minimum absolute atomic E-state index is 0.00192. The Morgan fingerprint density at radius 1 is 1.14 bits per heavy atom. The largest absolute Gasteiger partial charge is 0.503 e. The van der Waals surface area contributed by atoms with Gasteiger partial charge in [-0.25, -0.2) is 4.79 Å². The van der Waals surface area contributed by atoms with E-state index in [1.807, 2.05) is 24.3 Å². The molecule has 6 nitrogen and oxygen atoms in total. The second kappa shape index (κ2) is 10.2. The fourth-order valence-electron chi connectivity index (χ4n) is 3.93. The molecule has 7 heteroatoms. The topological polar surface area (TPSA) is 73.6 Å². The number of halogens is 1. The lowest BCUT2D eigenvalue weighted by Crippen LogP contribution is -2.24. The predicted molar refractivity (Wildman–Crippen MR) is 141 cm³/mol. The molecule has 0 bridgehead atoms. The first-order chi connectivity index (χ1) is 16.8. The molecule has 0 atom stereocenters. The molecule has 4 aromatic rings. The molecule has 0 fully saturated rings. The van der Waals surface area contributed by atoms with E-state index in [1.165, 1.54) is 12.7 Å². The summed E-state index contributed by atoms with van der Waals surface area (Å²) in [6, 6.07) is 17.0. The number of ether oxygens (including phenoxy) is 2. The van der Waals surface area contributed by atoms with Crippen LogP contribution in [0.3, 0.4) is 0 Å². The van der Waals surface area contributed by atoms with Crippen LogP contribution in [-0.4, -0.2) is 28.4 Å². The molecule has 0 aliphatic carbocycles. The van der Waals surface area contributed by atoms with E-state index in [9.17, 15) is 9.90 Å². The fraction of sp³-hybridized carbons (Fsp3) is 0.214. The average molecular weight is 533 g/mol. The van der Waals surface area contributed by atoms with Gasteiger partial charge in [0.2, 0.25) is 0 Å². The van der Waals surface area contributed by atoms with Crippen LogP contribution in [0.1, 0.15) is 30.9 Å². The van der Waals surface area contributed by atoms with Gasteiger partial charge in [0.15, 0.2) is 11.5 Å². The maximum Gasteiger partial charge on any atom is 0.348 e. The first-order valence-corrected chi connectivity index (χ1v) is 11.9. The molecular formula is C28H25BrN2O4. The number of phenolic OH excluding ortho intramolecular Hbond substituents is 1. The molecule has 0 amide bonds. The fourth-order valence-corrected chi connectivity index (χ4v) is 4.42. The molecular weight excluding hydrogens is 508 g/mol. The van der Waals surface area contributed by atoms with Gasteiger partial charge in [-0.1, -0.05) is 44.0 Å². The Kier molecular flexibility index (Phi) is 7.13. The van der Waals surface area contributed by atoms with Gasteiger partial charge in [0.1, 0.15) is 12.4 Å². The van der Waals surface area contributed by atoms with Gasteiger partial charge < -0.3 is 14.6 Å². The van der Waals surface area contributed by atoms with Crippen molar-refractivity contribution in [3.63, 3.8) is 0 Å². The van der Waals surface area contributed by atoms with E-state index >= 15 is 0 Å². The molecule has 0 unspecified atom stereocenters. The number of aromatic nitrogens is 2. The third kappa shape index (κ3) is 5.03. The molecule has 0 saturated heterocycles. The zero-order valence-electron chi connectivity index (χ0n) is 19.7. The number of hydrogen-bond donors (Lipinski definition) is 1. The SMILES string of the molecule is C#CCOc1ccc2c(c1)c(-c1ccc(C(C)C)cc1)nc(=O)n2Cc1cc(Br)c(O)c(OC)c1. The molecule has 1 heterocycles. The number of phenols is 1. The van der Waals surface area contributed by atoms with Crippen molar-refractivity contribution in [1.82, 2.24) is 9.55 Å². The van der Waals surface area contributed by atoms with Crippen LogP contribution >= 0.6 is 15.9 Å². The Hall–Kier alpha value is -3.76. The zero-order valence-corrected chi connectivity index (χ0v) is 21.3. The van der Waals surface area contributed by atoms with Gasteiger partial charge in [-0.15, -0.1) is 6.42 Å². The average Bonchev–Trinajstić information content (AvgIpc) is 2.86. The standard InChI is InChI=1S/C28H25BrN2O4/c1-5-12-35-21-10-11-24-22(15-21)26(20-8-6-19(7-9-20)17(2)3)30-28(33)31(24)16-18-13-23(29)27(32)25(14-18)34-4/h1,6-11,13-15,17,32H,12,16H2,2-4H3. The van der Waals surface area contributed by atoms with Crippen molar-refractivity contribution in [2.24, 2.45) is 0 Å². The van der Waals surface area contributed by atoms with Gasteiger partial charge in [0.05, 0.1) is 29.3 Å². The first kappa shape index (κ1) is 24.4. The van der Waals surface area contributed by atoms with Crippen molar-refractivity contribution in [2.75, 3.05) is 13.7 Å². The summed E-state index contributed by atoms with van der Waals surface area (Å²) in [4.78, 5) is 17.7. The maximum absolute atomic E-state index is 13.3. The number of benzene rings is 3. The van der Waals surface area contributed by atoms with Gasteiger partial charge in [0, 0.05) is 10.9 Å². The van der Waals surface area contributed by atoms with E-state index in [0.717, 1.165) is 16.5 Å². The number of terminal acetylenes is 1. The van der Waals surface area contributed by atoms with Gasteiger partial charge in [-0.05, 0) is 63.3 Å². The van der Waals surface area contributed by atoms with Crippen LogP contribution in [0, 0.1) is 12.3 Å². The second-order valence-electron chi connectivity index (χ2n) is 8.41. The molecule has 0 spiro atoms. The Morgan fingerprint density at radius 2 is 1.89 bits per heavy atom. The highest BCUT2D eigenvalue weighted by molar-refractivity contribution is 9.10. The Morgan fingerprint density at radius 3 is 2.54 bits per heavy atom. The van der Waals surface area contributed by atoms with Gasteiger partial charge >= 0.3 is 5.69 Å². The highest BCUT2D eigenvalue weighted by Gasteiger charge is 2.16. The van der Waals surface area contributed by atoms with Crippen LogP contribution in [-0.2, 0) is 6.54 Å². The van der Waals surface area contributed by atoms with Crippen molar-refractivity contribution in [1.29, 1.82) is 0 Å². The summed E-state index contributed by atoms with van der Waals surface area (Å²) >= 11 is 3.35. The summed E-state index contributed by atoms with van der Waals surface area (Å²) in [6.45, 7) is 4.64. The van der Waals surface area contributed by atoms with Crippen LogP contribution in [0.4, 0.5) is 0 Å². The van der Waals surface area contributed by atoms with Gasteiger partial charge in [0.25, 0.3) is 0 Å². The van der Waals surface area contributed by atoms with Crippen molar-refractivity contribution in [3.8, 4) is 40.8 Å². The molecule has 0 aliphatic heterocycles. The summed E-state index contributed by atoms with van der Waals surface area (Å²) in [5, 5.41) is 10.9. The quantitative estimate of drug-likeness (QED) is 0.308. The molecule has 0 radical (unpaired) electrons. The van der Waals surface area contributed by atoms with Crippen LogP contribution in [0.5, 0.6) is 17.2 Å². The number of aromatic hydroxyl groups is 1. The Bertz CT molecular complexity index is 1480. The molecule has 35 heavy (non-hydrogen) atoms. The van der Waals surface area contributed by atoms with E-state index in [0.29, 0.717) is 33.1 Å². The molecule has 0 saturated carbocycles. The normalized spacial score (nSPS) is 11.0. The summed E-state index contributed by atoms with van der Waals surface area (Å²) in [7, 11) is 1.48. The van der Waals surface area contributed by atoms with E-state index in [2.05, 4.69) is 52.8 Å². The Balaban J connectivity index is 1.89. The van der Waals surface area contributed by atoms with E-state index in [-0.39, 0.29) is 24.6 Å². The molecule has 0 aliphatic rings. The number of nitrogens with zero attached hydrogens (tertiary/aromatic N) is 2. The van der Waals surface area contributed by atoms with E-state index in [4.69, 9.17) is 15.9 Å². The van der Waals surface area contributed by atoms with Crippen molar-refractivity contribution < 1.29 is 14.6 Å². The van der Waals surface area contributed by atoms with Gasteiger partial charge in [-0.3, -0.25) is 4.57 Å². The molecule has 1 N–H and O–H groups in total. The number of rotatable bonds is 7. The number of hydrogen-bond acceptors (Lipinski definition) is 5. The minimum Gasteiger partial charge on any atom is -0.503 e. The molecule has 3 aromatic carbocycles. The highest BCUT2D eigenvalue weighted by Crippen LogP contribution is 2.36. The van der Waals surface area contributed by atoms with E-state index < -0.39 is 0 Å². The van der Waals surface area contributed by atoms with E-state index in [1.54, 1.807) is 22.8 Å². The zero-order chi connectivity index (χ0) is 25.1. The van der Waals surface area contributed by atoms with Crippen LogP contribution in [0.25, 0.3) is 22.2 Å². The Labute approximate surface area is 212 Å². The van der Waals surface area contributed by atoms with Gasteiger partial charge in [-0.2, -0.15) is 4.98 Å². The van der Waals surface area contributed by atoms with Crippen LogP contribution < -0.4 is 15.2 Å². The monoisotopic (exact) mass is 532 g/mol. The lowest BCUT2D eigenvalue weighted by molar-refractivity contribution is 0.371. The second-order valence-corrected chi connectivity index (χ2v) is 9.26. The highest BCUT2D eigenvalue weighted by atomic mass is 79.9. The third-order valence-corrected chi connectivity index (χ3v) is 6.38. The lowest BCUT2D eigenvalue weighted by Gasteiger charge is -2.16.